The summed E-state index contributed by atoms with van der Waals surface area (Å²) in [6.45, 7) is 1.17. The van der Waals surface area contributed by atoms with Crippen LogP contribution in [0.15, 0.2) is 12.1 Å². The molecule has 1 aromatic carbocycles. The Bertz CT molecular complexity index is 478. The molecule has 0 saturated carbocycles. The highest BCUT2D eigenvalue weighted by Gasteiger charge is 2.18. The number of hydrogen-bond acceptors (Lipinski definition) is 4. The Morgan fingerprint density at radius 1 is 1.37 bits per heavy atom. The van der Waals surface area contributed by atoms with E-state index >= 15 is 0 Å². The van der Waals surface area contributed by atoms with Gasteiger partial charge in [0.1, 0.15) is 0 Å². The summed E-state index contributed by atoms with van der Waals surface area (Å²) in [6, 6.07) is 2.99. The Morgan fingerprint density at radius 3 is 2.63 bits per heavy atom. The molecule has 1 heterocycles. The topological polar surface area (TPSA) is 81.8 Å². The van der Waals surface area contributed by atoms with Gasteiger partial charge < -0.3 is 20.3 Å². The number of aliphatic carboxylic acids is 1. The molecule has 1 unspecified atom stereocenters. The van der Waals surface area contributed by atoms with E-state index in [0.717, 1.165) is 6.42 Å². The first-order chi connectivity index (χ1) is 9.08. The van der Waals surface area contributed by atoms with Crippen LogP contribution in [0.5, 0.6) is 11.5 Å². The molecule has 1 atom stereocenters. The number of rotatable bonds is 4. The number of carbonyl (C=O) groups is 1. The SMILES string of the molecule is NC(CCC(=O)O)c1cc2c(cc1Cl)OCCCO2. The second kappa shape index (κ2) is 6.12. The smallest absolute Gasteiger partial charge is 0.303 e. The summed E-state index contributed by atoms with van der Waals surface area (Å²) in [6.07, 6.45) is 1.15. The van der Waals surface area contributed by atoms with E-state index < -0.39 is 12.0 Å². The van der Waals surface area contributed by atoms with E-state index in [1.54, 1.807) is 12.1 Å². The van der Waals surface area contributed by atoms with E-state index in [9.17, 15) is 4.79 Å². The number of benzene rings is 1. The fraction of sp³-hybridized carbons (Fsp3) is 0.462. The summed E-state index contributed by atoms with van der Waals surface area (Å²) in [7, 11) is 0. The maximum absolute atomic E-state index is 10.6. The minimum Gasteiger partial charge on any atom is -0.490 e. The summed E-state index contributed by atoms with van der Waals surface area (Å²) >= 11 is 6.16. The van der Waals surface area contributed by atoms with Crippen LogP contribution >= 0.6 is 11.6 Å². The quantitative estimate of drug-likeness (QED) is 0.887. The zero-order valence-corrected chi connectivity index (χ0v) is 11.2. The van der Waals surface area contributed by atoms with E-state index in [0.29, 0.717) is 41.7 Å². The zero-order chi connectivity index (χ0) is 13.8. The van der Waals surface area contributed by atoms with Gasteiger partial charge in [-0.3, -0.25) is 4.79 Å². The Kier molecular flexibility index (Phi) is 4.50. The third kappa shape index (κ3) is 3.52. The molecule has 5 nitrogen and oxygen atoms in total. The van der Waals surface area contributed by atoms with E-state index in [4.69, 9.17) is 31.9 Å². The van der Waals surface area contributed by atoms with Gasteiger partial charge in [0, 0.05) is 30.0 Å². The Hall–Kier alpha value is -1.46. The molecule has 0 radical (unpaired) electrons. The van der Waals surface area contributed by atoms with Gasteiger partial charge in [-0.05, 0) is 18.1 Å². The summed E-state index contributed by atoms with van der Waals surface area (Å²) in [5.74, 6) is 0.347. The molecular formula is C13H16ClNO4. The van der Waals surface area contributed by atoms with Crippen molar-refractivity contribution in [1.29, 1.82) is 0 Å². The van der Waals surface area contributed by atoms with Gasteiger partial charge in [-0.2, -0.15) is 0 Å². The van der Waals surface area contributed by atoms with Gasteiger partial charge in [0.15, 0.2) is 11.5 Å². The van der Waals surface area contributed by atoms with Gasteiger partial charge in [0.05, 0.1) is 13.2 Å². The van der Waals surface area contributed by atoms with Crippen LogP contribution in [-0.4, -0.2) is 24.3 Å². The molecule has 1 aliphatic rings. The first kappa shape index (κ1) is 14.0. The number of hydrogen-bond donors (Lipinski definition) is 2. The van der Waals surface area contributed by atoms with Crippen LogP contribution in [0.1, 0.15) is 30.9 Å². The molecule has 0 fully saturated rings. The van der Waals surface area contributed by atoms with Crippen molar-refractivity contribution in [3.63, 3.8) is 0 Å². The van der Waals surface area contributed by atoms with E-state index in [2.05, 4.69) is 0 Å². The predicted octanol–water partition coefficient (Wildman–Crippen LogP) is 2.37. The van der Waals surface area contributed by atoms with Crippen molar-refractivity contribution in [3.05, 3.63) is 22.7 Å². The molecule has 0 spiro atoms. The second-order valence-corrected chi connectivity index (χ2v) is 4.82. The molecule has 0 aliphatic carbocycles. The molecule has 104 valence electrons. The van der Waals surface area contributed by atoms with Gasteiger partial charge in [-0.25, -0.2) is 0 Å². The third-order valence-corrected chi connectivity index (χ3v) is 3.26. The normalized spacial score (nSPS) is 15.7. The average molecular weight is 286 g/mol. The number of carboxylic acids is 1. The van der Waals surface area contributed by atoms with Crippen molar-refractivity contribution in [2.75, 3.05) is 13.2 Å². The molecular weight excluding hydrogens is 270 g/mol. The van der Waals surface area contributed by atoms with E-state index in [1.165, 1.54) is 0 Å². The molecule has 19 heavy (non-hydrogen) atoms. The zero-order valence-electron chi connectivity index (χ0n) is 10.4. The van der Waals surface area contributed by atoms with Crippen molar-refractivity contribution in [2.45, 2.75) is 25.3 Å². The molecule has 2 rings (SSSR count). The summed E-state index contributed by atoms with van der Waals surface area (Å²) in [5.41, 5.74) is 6.66. The van der Waals surface area contributed by atoms with Gasteiger partial charge in [0.2, 0.25) is 0 Å². The van der Waals surface area contributed by atoms with E-state index in [-0.39, 0.29) is 6.42 Å². The fourth-order valence-corrected chi connectivity index (χ4v) is 2.21. The highest BCUT2D eigenvalue weighted by molar-refractivity contribution is 6.31. The van der Waals surface area contributed by atoms with Crippen LogP contribution in [0, 0.1) is 0 Å². The first-order valence-electron chi connectivity index (χ1n) is 6.14. The van der Waals surface area contributed by atoms with Crippen LogP contribution in [-0.2, 0) is 4.79 Å². The van der Waals surface area contributed by atoms with Crippen LogP contribution in [0.4, 0.5) is 0 Å². The highest BCUT2D eigenvalue weighted by atomic mass is 35.5. The minimum absolute atomic E-state index is 0.00589. The lowest BCUT2D eigenvalue weighted by Gasteiger charge is -2.16. The van der Waals surface area contributed by atoms with Crippen LogP contribution in [0.2, 0.25) is 5.02 Å². The molecule has 0 aromatic heterocycles. The second-order valence-electron chi connectivity index (χ2n) is 4.41. The predicted molar refractivity (Wildman–Crippen MR) is 70.9 cm³/mol. The summed E-state index contributed by atoms with van der Waals surface area (Å²) in [5, 5.41) is 9.15. The first-order valence-corrected chi connectivity index (χ1v) is 6.52. The Labute approximate surface area is 116 Å². The monoisotopic (exact) mass is 285 g/mol. The molecule has 1 aromatic rings. The van der Waals surface area contributed by atoms with Gasteiger partial charge in [-0.15, -0.1) is 0 Å². The lowest BCUT2D eigenvalue weighted by atomic mass is 10.0. The van der Waals surface area contributed by atoms with Gasteiger partial charge in [-0.1, -0.05) is 11.6 Å². The highest BCUT2D eigenvalue weighted by Crippen LogP contribution is 2.37. The van der Waals surface area contributed by atoms with Crippen LogP contribution < -0.4 is 15.2 Å². The molecule has 0 saturated heterocycles. The van der Waals surface area contributed by atoms with Crippen molar-refractivity contribution in [2.24, 2.45) is 5.73 Å². The fourth-order valence-electron chi connectivity index (χ4n) is 1.92. The van der Waals surface area contributed by atoms with Crippen molar-refractivity contribution < 1.29 is 19.4 Å². The molecule has 0 amide bonds. The largest absolute Gasteiger partial charge is 0.490 e. The van der Waals surface area contributed by atoms with Gasteiger partial charge in [0.25, 0.3) is 0 Å². The number of halogens is 1. The number of ether oxygens (including phenoxy) is 2. The molecule has 0 bridgehead atoms. The standard InChI is InChI=1S/C13H16ClNO4/c14-9-7-12-11(18-4-1-5-19-12)6-8(9)10(15)2-3-13(16)17/h6-7,10H,1-5,15H2,(H,16,17). The van der Waals surface area contributed by atoms with E-state index in [1.807, 2.05) is 0 Å². The maximum Gasteiger partial charge on any atom is 0.303 e. The van der Waals surface area contributed by atoms with Crippen LogP contribution in [0.3, 0.4) is 0 Å². The average Bonchev–Trinajstić information content (AvgIpc) is 2.59. The van der Waals surface area contributed by atoms with Crippen molar-refractivity contribution in [3.8, 4) is 11.5 Å². The maximum atomic E-state index is 10.6. The molecule has 3 N–H and O–H groups in total. The van der Waals surface area contributed by atoms with Crippen LogP contribution in [0.25, 0.3) is 0 Å². The number of fused-ring (bicyclic) bond motifs is 1. The third-order valence-electron chi connectivity index (χ3n) is 2.94. The summed E-state index contributed by atoms with van der Waals surface area (Å²) in [4.78, 5) is 10.6. The Balaban J connectivity index is 2.20. The van der Waals surface area contributed by atoms with Gasteiger partial charge >= 0.3 is 5.97 Å². The molecule has 1 aliphatic heterocycles. The Morgan fingerprint density at radius 2 is 2.00 bits per heavy atom. The summed E-state index contributed by atoms with van der Waals surface area (Å²) < 4.78 is 11.1. The lowest BCUT2D eigenvalue weighted by molar-refractivity contribution is -0.137. The minimum atomic E-state index is -0.874. The lowest BCUT2D eigenvalue weighted by Crippen LogP contribution is -2.13. The number of carboxylic acid groups (broad SMARTS) is 1. The molecule has 6 heteroatoms. The number of nitrogens with two attached hydrogens (primary N) is 1. The van der Waals surface area contributed by atoms with Crippen molar-refractivity contribution >= 4 is 17.6 Å². The van der Waals surface area contributed by atoms with Crippen molar-refractivity contribution in [1.82, 2.24) is 0 Å².